The summed E-state index contributed by atoms with van der Waals surface area (Å²) >= 11 is 0. The third kappa shape index (κ3) is 2.44. The molecule has 0 spiro atoms. The molecule has 3 heteroatoms. The van der Waals surface area contributed by atoms with E-state index in [-0.39, 0.29) is 5.54 Å². The van der Waals surface area contributed by atoms with E-state index in [1.807, 2.05) is 0 Å². The Balaban J connectivity index is 2.46. The Labute approximate surface area is 75.3 Å². The van der Waals surface area contributed by atoms with Crippen LogP contribution in [0, 0.1) is 0 Å². The number of nitrogens with two attached hydrogens (primary N) is 1. The van der Waals surface area contributed by atoms with Crippen LogP contribution in [0.1, 0.15) is 20.8 Å². The summed E-state index contributed by atoms with van der Waals surface area (Å²) in [6, 6.07) is 0.484. The van der Waals surface area contributed by atoms with Crippen molar-refractivity contribution in [2.24, 2.45) is 5.73 Å². The maximum Gasteiger partial charge on any atom is 0.0318 e. The summed E-state index contributed by atoms with van der Waals surface area (Å²) in [6.45, 7) is 10.8. The van der Waals surface area contributed by atoms with Crippen molar-refractivity contribution in [2.45, 2.75) is 32.4 Å². The van der Waals surface area contributed by atoms with Gasteiger partial charge in [-0.1, -0.05) is 0 Å². The number of piperazine rings is 1. The fourth-order valence-corrected chi connectivity index (χ4v) is 1.59. The van der Waals surface area contributed by atoms with E-state index in [9.17, 15) is 0 Å². The first-order valence-electron chi connectivity index (χ1n) is 4.72. The highest BCUT2D eigenvalue weighted by atomic mass is 15.2. The molecule has 1 unspecified atom stereocenters. The van der Waals surface area contributed by atoms with E-state index >= 15 is 0 Å². The molecule has 1 aliphatic rings. The molecule has 1 heterocycles. The lowest BCUT2D eigenvalue weighted by molar-refractivity contribution is 0.0976. The fraction of sp³-hybridized carbons (Fsp3) is 1.00. The summed E-state index contributed by atoms with van der Waals surface area (Å²) in [6.07, 6.45) is 0. The molecule has 1 atom stereocenters. The van der Waals surface area contributed by atoms with Gasteiger partial charge >= 0.3 is 0 Å². The average Bonchev–Trinajstić information content (AvgIpc) is 2.03. The molecule has 1 rings (SSSR count). The van der Waals surface area contributed by atoms with Crippen LogP contribution < -0.4 is 11.1 Å². The SMILES string of the molecule is CC(C)(C)N1CCNC(CN)C1. The van der Waals surface area contributed by atoms with Crippen molar-refractivity contribution in [1.82, 2.24) is 10.2 Å². The maximum atomic E-state index is 5.62. The Morgan fingerprint density at radius 2 is 2.17 bits per heavy atom. The molecule has 1 aliphatic heterocycles. The van der Waals surface area contributed by atoms with Gasteiger partial charge in [-0.05, 0) is 20.8 Å². The predicted octanol–water partition coefficient (Wildman–Crippen LogP) is 0.0174. The van der Waals surface area contributed by atoms with Gasteiger partial charge in [-0.15, -0.1) is 0 Å². The fourth-order valence-electron chi connectivity index (χ4n) is 1.59. The summed E-state index contributed by atoms with van der Waals surface area (Å²) in [5.74, 6) is 0. The lowest BCUT2D eigenvalue weighted by Gasteiger charge is -2.41. The van der Waals surface area contributed by atoms with Gasteiger partial charge in [-0.3, -0.25) is 4.90 Å². The summed E-state index contributed by atoms with van der Waals surface area (Å²) in [7, 11) is 0. The van der Waals surface area contributed by atoms with E-state index in [4.69, 9.17) is 5.73 Å². The van der Waals surface area contributed by atoms with E-state index in [1.54, 1.807) is 0 Å². The molecule has 72 valence electrons. The number of hydrogen-bond acceptors (Lipinski definition) is 3. The van der Waals surface area contributed by atoms with E-state index in [1.165, 1.54) is 0 Å². The summed E-state index contributed by atoms with van der Waals surface area (Å²) in [5, 5.41) is 3.40. The van der Waals surface area contributed by atoms with Gasteiger partial charge in [0.25, 0.3) is 0 Å². The zero-order valence-corrected chi connectivity index (χ0v) is 8.43. The van der Waals surface area contributed by atoms with Crippen molar-refractivity contribution in [1.29, 1.82) is 0 Å². The van der Waals surface area contributed by atoms with Gasteiger partial charge in [0, 0.05) is 37.8 Å². The summed E-state index contributed by atoms with van der Waals surface area (Å²) in [4.78, 5) is 2.49. The molecule has 0 aliphatic carbocycles. The second kappa shape index (κ2) is 3.73. The second-order valence-corrected chi connectivity index (χ2v) is 4.50. The van der Waals surface area contributed by atoms with Gasteiger partial charge in [0.15, 0.2) is 0 Å². The average molecular weight is 171 g/mol. The normalized spacial score (nSPS) is 27.5. The topological polar surface area (TPSA) is 41.3 Å². The van der Waals surface area contributed by atoms with Gasteiger partial charge in [-0.2, -0.15) is 0 Å². The molecule has 0 bridgehead atoms. The lowest BCUT2D eigenvalue weighted by Crippen LogP contribution is -2.58. The number of rotatable bonds is 1. The Kier molecular flexibility index (Phi) is 3.09. The smallest absolute Gasteiger partial charge is 0.0318 e. The van der Waals surface area contributed by atoms with Gasteiger partial charge in [0.05, 0.1) is 0 Å². The minimum Gasteiger partial charge on any atom is -0.329 e. The molecular formula is C9H21N3. The third-order valence-electron chi connectivity index (χ3n) is 2.49. The maximum absolute atomic E-state index is 5.62. The number of nitrogens with one attached hydrogen (secondary N) is 1. The van der Waals surface area contributed by atoms with E-state index < -0.39 is 0 Å². The molecular weight excluding hydrogens is 150 g/mol. The first-order valence-corrected chi connectivity index (χ1v) is 4.72. The molecule has 3 nitrogen and oxygen atoms in total. The first kappa shape index (κ1) is 9.96. The van der Waals surface area contributed by atoms with Gasteiger partial charge in [0.1, 0.15) is 0 Å². The van der Waals surface area contributed by atoms with Crippen LogP contribution in [-0.2, 0) is 0 Å². The minimum atomic E-state index is 0.287. The van der Waals surface area contributed by atoms with Gasteiger partial charge < -0.3 is 11.1 Å². The predicted molar refractivity (Wildman–Crippen MR) is 52.2 cm³/mol. The van der Waals surface area contributed by atoms with Crippen molar-refractivity contribution in [3.05, 3.63) is 0 Å². The molecule has 0 radical (unpaired) electrons. The van der Waals surface area contributed by atoms with Crippen LogP contribution in [0.5, 0.6) is 0 Å². The molecule has 1 fully saturated rings. The van der Waals surface area contributed by atoms with Crippen LogP contribution in [0.25, 0.3) is 0 Å². The first-order chi connectivity index (χ1) is 5.54. The van der Waals surface area contributed by atoms with Crippen molar-refractivity contribution < 1.29 is 0 Å². The van der Waals surface area contributed by atoms with Crippen molar-refractivity contribution in [2.75, 3.05) is 26.2 Å². The van der Waals surface area contributed by atoms with Gasteiger partial charge in [0.2, 0.25) is 0 Å². The van der Waals surface area contributed by atoms with Crippen LogP contribution in [0.2, 0.25) is 0 Å². The highest BCUT2D eigenvalue weighted by molar-refractivity contribution is 4.86. The van der Waals surface area contributed by atoms with E-state index in [2.05, 4.69) is 31.0 Å². The Hall–Kier alpha value is -0.120. The summed E-state index contributed by atoms with van der Waals surface area (Å²) in [5.41, 5.74) is 5.91. The van der Waals surface area contributed by atoms with Gasteiger partial charge in [-0.25, -0.2) is 0 Å². The third-order valence-corrected chi connectivity index (χ3v) is 2.49. The molecule has 0 amide bonds. The molecule has 3 N–H and O–H groups in total. The Morgan fingerprint density at radius 3 is 2.67 bits per heavy atom. The highest BCUT2D eigenvalue weighted by Gasteiger charge is 2.26. The quantitative estimate of drug-likeness (QED) is 0.584. The van der Waals surface area contributed by atoms with Crippen LogP contribution in [0.15, 0.2) is 0 Å². The van der Waals surface area contributed by atoms with Crippen LogP contribution >= 0.6 is 0 Å². The molecule has 0 saturated carbocycles. The molecule has 12 heavy (non-hydrogen) atoms. The minimum absolute atomic E-state index is 0.287. The van der Waals surface area contributed by atoms with Crippen molar-refractivity contribution >= 4 is 0 Å². The number of hydrogen-bond donors (Lipinski definition) is 2. The molecule has 0 aromatic rings. The zero-order chi connectivity index (χ0) is 9.19. The highest BCUT2D eigenvalue weighted by Crippen LogP contribution is 2.14. The van der Waals surface area contributed by atoms with Crippen LogP contribution in [0.3, 0.4) is 0 Å². The lowest BCUT2D eigenvalue weighted by atomic mass is 10.0. The van der Waals surface area contributed by atoms with Crippen LogP contribution in [-0.4, -0.2) is 42.7 Å². The van der Waals surface area contributed by atoms with Crippen molar-refractivity contribution in [3.8, 4) is 0 Å². The standard InChI is InChI=1S/C9H21N3/c1-9(2,3)12-5-4-11-8(6-10)7-12/h8,11H,4-7,10H2,1-3H3. The molecule has 1 saturated heterocycles. The Bertz CT molecular complexity index is 139. The molecule has 0 aromatic carbocycles. The molecule has 0 aromatic heterocycles. The van der Waals surface area contributed by atoms with E-state index in [0.29, 0.717) is 6.04 Å². The largest absolute Gasteiger partial charge is 0.329 e. The number of nitrogens with zero attached hydrogens (tertiary/aromatic N) is 1. The van der Waals surface area contributed by atoms with E-state index in [0.717, 1.165) is 26.2 Å². The monoisotopic (exact) mass is 171 g/mol. The Morgan fingerprint density at radius 1 is 1.50 bits per heavy atom. The zero-order valence-electron chi connectivity index (χ0n) is 8.43. The summed E-state index contributed by atoms with van der Waals surface area (Å²) < 4.78 is 0. The van der Waals surface area contributed by atoms with Crippen molar-refractivity contribution in [3.63, 3.8) is 0 Å². The van der Waals surface area contributed by atoms with Crippen LogP contribution in [0.4, 0.5) is 0 Å². The second-order valence-electron chi connectivity index (χ2n) is 4.50.